The van der Waals surface area contributed by atoms with E-state index in [0.717, 1.165) is 16.8 Å². The number of ether oxygens (including phenoxy) is 1. The third-order valence-electron chi connectivity index (χ3n) is 5.38. The SMILES string of the molecule is C[C@@H]1[C@@H](NC(=O)OCc2ccccc2)c2ccc(F)cc2N[C@H]1C1CC1. The van der Waals surface area contributed by atoms with Gasteiger partial charge in [-0.1, -0.05) is 43.3 Å². The van der Waals surface area contributed by atoms with Crippen LogP contribution in [0.2, 0.25) is 0 Å². The fourth-order valence-electron chi connectivity index (χ4n) is 3.83. The maximum atomic E-state index is 13.7. The van der Waals surface area contributed by atoms with Gasteiger partial charge in [0.05, 0.1) is 6.04 Å². The van der Waals surface area contributed by atoms with Crippen molar-refractivity contribution >= 4 is 11.8 Å². The minimum absolute atomic E-state index is 0.194. The number of carbonyl (C=O) groups is 1. The first-order chi connectivity index (χ1) is 12.6. The van der Waals surface area contributed by atoms with Gasteiger partial charge in [-0.3, -0.25) is 0 Å². The zero-order valence-electron chi connectivity index (χ0n) is 14.7. The molecular formula is C21H23FN2O2. The molecule has 3 atom stereocenters. The Bertz CT molecular complexity index is 792. The van der Waals surface area contributed by atoms with E-state index in [0.29, 0.717) is 5.92 Å². The third kappa shape index (κ3) is 3.52. The molecule has 0 spiro atoms. The van der Waals surface area contributed by atoms with Gasteiger partial charge < -0.3 is 15.4 Å². The molecule has 2 N–H and O–H groups in total. The summed E-state index contributed by atoms with van der Waals surface area (Å²) in [7, 11) is 0. The second-order valence-electron chi connectivity index (χ2n) is 7.28. The van der Waals surface area contributed by atoms with Gasteiger partial charge in [-0.2, -0.15) is 0 Å². The van der Waals surface area contributed by atoms with Crippen molar-refractivity contribution in [2.45, 2.75) is 38.5 Å². The van der Waals surface area contributed by atoms with E-state index in [1.807, 2.05) is 30.3 Å². The molecule has 2 aliphatic rings. The average Bonchev–Trinajstić information content (AvgIpc) is 3.48. The first-order valence-corrected chi connectivity index (χ1v) is 9.15. The first-order valence-electron chi connectivity index (χ1n) is 9.15. The van der Waals surface area contributed by atoms with Gasteiger partial charge in [0.25, 0.3) is 0 Å². The molecule has 0 unspecified atom stereocenters. The van der Waals surface area contributed by atoms with Crippen LogP contribution in [0.15, 0.2) is 48.5 Å². The number of benzene rings is 2. The molecule has 1 saturated carbocycles. The molecule has 1 fully saturated rings. The highest BCUT2D eigenvalue weighted by Gasteiger charge is 2.42. The van der Waals surface area contributed by atoms with Crippen molar-refractivity contribution < 1.29 is 13.9 Å². The van der Waals surface area contributed by atoms with Crippen LogP contribution in [0.25, 0.3) is 0 Å². The standard InChI is InChI=1S/C21H23FN2O2/c1-13-19(15-7-8-15)23-18-11-16(22)9-10-17(18)20(13)24-21(25)26-12-14-5-3-2-4-6-14/h2-6,9-11,13,15,19-20,23H,7-8,12H2,1H3,(H,24,25)/t13-,19+,20+/m0/s1. The van der Waals surface area contributed by atoms with Gasteiger partial charge in [0.1, 0.15) is 12.4 Å². The van der Waals surface area contributed by atoms with Gasteiger partial charge in [-0.25, -0.2) is 9.18 Å². The highest BCUT2D eigenvalue weighted by atomic mass is 19.1. The number of carbonyl (C=O) groups excluding carboxylic acids is 1. The molecule has 0 bridgehead atoms. The summed E-state index contributed by atoms with van der Waals surface area (Å²) in [5, 5.41) is 6.48. The summed E-state index contributed by atoms with van der Waals surface area (Å²) < 4.78 is 19.1. The monoisotopic (exact) mass is 354 g/mol. The zero-order valence-corrected chi connectivity index (χ0v) is 14.7. The lowest BCUT2D eigenvalue weighted by atomic mass is 9.81. The fraction of sp³-hybridized carbons (Fsp3) is 0.381. The fourth-order valence-corrected chi connectivity index (χ4v) is 3.83. The predicted molar refractivity (Wildman–Crippen MR) is 98.2 cm³/mol. The van der Waals surface area contributed by atoms with Crippen molar-refractivity contribution in [3.8, 4) is 0 Å². The molecule has 4 rings (SSSR count). The molecule has 136 valence electrons. The van der Waals surface area contributed by atoms with E-state index in [2.05, 4.69) is 17.6 Å². The van der Waals surface area contributed by atoms with Crippen molar-refractivity contribution in [2.24, 2.45) is 11.8 Å². The molecular weight excluding hydrogens is 331 g/mol. The third-order valence-corrected chi connectivity index (χ3v) is 5.38. The van der Waals surface area contributed by atoms with Crippen molar-refractivity contribution in [1.82, 2.24) is 5.32 Å². The van der Waals surface area contributed by atoms with Crippen molar-refractivity contribution in [2.75, 3.05) is 5.32 Å². The van der Waals surface area contributed by atoms with Crippen LogP contribution in [0.3, 0.4) is 0 Å². The topological polar surface area (TPSA) is 50.4 Å². The molecule has 26 heavy (non-hydrogen) atoms. The van der Waals surface area contributed by atoms with Crippen molar-refractivity contribution in [3.05, 3.63) is 65.5 Å². The van der Waals surface area contributed by atoms with Crippen LogP contribution < -0.4 is 10.6 Å². The molecule has 5 heteroatoms. The maximum absolute atomic E-state index is 13.7. The lowest BCUT2D eigenvalue weighted by molar-refractivity contribution is 0.130. The van der Waals surface area contributed by atoms with E-state index in [4.69, 9.17) is 4.74 Å². The molecule has 1 aliphatic heterocycles. The summed E-state index contributed by atoms with van der Waals surface area (Å²) in [6.45, 7) is 2.36. The van der Waals surface area contributed by atoms with E-state index in [1.165, 1.54) is 25.0 Å². The number of fused-ring (bicyclic) bond motifs is 1. The Morgan fingerprint density at radius 2 is 2.00 bits per heavy atom. The lowest BCUT2D eigenvalue weighted by Gasteiger charge is -2.39. The predicted octanol–water partition coefficient (Wildman–Crippen LogP) is 4.63. The number of rotatable bonds is 4. The van der Waals surface area contributed by atoms with Gasteiger partial charge >= 0.3 is 6.09 Å². The molecule has 1 amide bonds. The molecule has 2 aromatic carbocycles. The molecule has 0 aromatic heterocycles. The Kier molecular flexibility index (Phi) is 4.53. The first kappa shape index (κ1) is 16.9. The smallest absolute Gasteiger partial charge is 0.407 e. The van der Waals surface area contributed by atoms with Crippen LogP contribution in [0.4, 0.5) is 14.9 Å². The van der Waals surface area contributed by atoms with Gasteiger partial charge in [-0.15, -0.1) is 0 Å². The van der Waals surface area contributed by atoms with Crippen molar-refractivity contribution in [3.63, 3.8) is 0 Å². The van der Waals surface area contributed by atoms with E-state index in [-0.39, 0.29) is 30.4 Å². The van der Waals surface area contributed by atoms with Crippen molar-refractivity contribution in [1.29, 1.82) is 0 Å². The Labute approximate surface area is 152 Å². The maximum Gasteiger partial charge on any atom is 0.407 e. The number of hydrogen-bond acceptors (Lipinski definition) is 3. The Balaban J connectivity index is 1.49. The molecule has 0 radical (unpaired) electrons. The second kappa shape index (κ2) is 6.98. The number of halogens is 1. The Morgan fingerprint density at radius 3 is 2.73 bits per heavy atom. The minimum atomic E-state index is -0.447. The van der Waals surface area contributed by atoms with E-state index < -0.39 is 6.09 Å². The van der Waals surface area contributed by atoms with Gasteiger partial charge in [-0.05, 0) is 42.0 Å². The molecule has 1 aliphatic carbocycles. The number of hydrogen-bond donors (Lipinski definition) is 2. The normalized spacial score (nSPS) is 24.3. The minimum Gasteiger partial charge on any atom is -0.445 e. The molecule has 2 aromatic rings. The summed E-state index contributed by atoms with van der Waals surface area (Å²) in [5.74, 6) is 0.515. The summed E-state index contributed by atoms with van der Waals surface area (Å²) in [6.07, 6.45) is 1.91. The number of alkyl carbamates (subject to hydrolysis) is 1. The summed E-state index contributed by atoms with van der Waals surface area (Å²) >= 11 is 0. The highest BCUT2D eigenvalue weighted by molar-refractivity contribution is 5.69. The zero-order chi connectivity index (χ0) is 18.1. The average molecular weight is 354 g/mol. The van der Waals surface area contributed by atoms with Gasteiger partial charge in [0, 0.05) is 17.6 Å². The number of nitrogens with one attached hydrogen (secondary N) is 2. The highest BCUT2D eigenvalue weighted by Crippen LogP contribution is 2.45. The number of anilines is 1. The largest absolute Gasteiger partial charge is 0.445 e. The molecule has 0 saturated heterocycles. The van der Waals surface area contributed by atoms with Crippen LogP contribution in [-0.4, -0.2) is 12.1 Å². The van der Waals surface area contributed by atoms with E-state index in [9.17, 15) is 9.18 Å². The second-order valence-corrected chi connectivity index (χ2v) is 7.28. The quantitative estimate of drug-likeness (QED) is 0.841. The van der Waals surface area contributed by atoms with Crippen LogP contribution in [0.1, 0.15) is 36.9 Å². The summed E-state index contributed by atoms with van der Waals surface area (Å²) in [5.41, 5.74) is 2.63. The number of amides is 1. The Hall–Kier alpha value is -2.56. The van der Waals surface area contributed by atoms with Crippen LogP contribution >= 0.6 is 0 Å². The lowest BCUT2D eigenvalue weighted by Crippen LogP contribution is -2.45. The molecule has 4 nitrogen and oxygen atoms in total. The van der Waals surface area contributed by atoms with Crippen LogP contribution in [0.5, 0.6) is 0 Å². The van der Waals surface area contributed by atoms with Gasteiger partial charge in [0.2, 0.25) is 0 Å². The summed E-state index contributed by atoms with van der Waals surface area (Å²) in [4.78, 5) is 12.4. The van der Waals surface area contributed by atoms with Crippen LogP contribution in [-0.2, 0) is 11.3 Å². The van der Waals surface area contributed by atoms with E-state index >= 15 is 0 Å². The summed E-state index contributed by atoms with van der Waals surface area (Å²) in [6, 6.07) is 14.3. The van der Waals surface area contributed by atoms with Gasteiger partial charge in [0.15, 0.2) is 0 Å². The Morgan fingerprint density at radius 1 is 1.23 bits per heavy atom. The van der Waals surface area contributed by atoms with Crippen LogP contribution in [0, 0.1) is 17.7 Å². The van der Waals surface area contributed by atoms with E-state index in [1.54, 1.807) is 6.07 Å². The molecule has 1 heterocycles.